The molecule has 1 N–H and O–H groups in total. The van der Waals surface area contributed by atoms with Gasteiger partial charge in [-0.25, -0.2) is 8.78 Å². The molecular weight excluding hydrogens is 278 g/mol. The highest BCUT2D eigenvalue weighted by atomic mass is 19.2. The molecule has 0 bridgehead atoms. The molecule has 4 nitrogen and oxygen atoms in total. The summed E-state index contributed by atoms with van der Waals surface area (Å²) in [5.41, 5.74) is 4.21. The van der Waals surface area contributed by atoms with Crippen LogP contribution in [0.1, 0.15) is 22.8 Å². The van der Waals surface area contributed by atoms with E-state index >= 15 is 0 Å². The number of rotatable bonds is 4. The van der Waals surface area contributed by atoms with Gasteiger partial charge in [0.1, 0.15) is 0 Å². The first-order valence-electron chi connectivity index (χ1n) is 6.04. The van der Waals surface area contributed by atoms with Gasteiger partial charge in [0.25, 0.3) is 0 Å². The maximum absolute atomic E-state index is 13.1. The molecule has 0 saturated carbocycles. The van der Waals surface area contributed by atoms with Crippen LogP contribution in [0, 0.1) is 11.6 Å². The maximum Gasteiger partial charge on any atom is 0.159 e. The number of carboxylic acids is 1. The van der Waals surface area contributed by atoms with E-state index in [-0.39, 0.29) is 5.56 Å². The smallest absolute Gasteiger partial charge is 0.159 e. The molecule has 0 aliphatic carbocycles. The van der Waals surface area contributed by atoms with Gasteiger partial charge in [-0.15, -0.1) is 0 Å². The minimum Gasteiger partial charge on any atom is -0.545 e. The van der Waals surface area contributed by atoms with E-state index in [0.29, 0.717) is 17.0 Å². The van der Waals surface area contributed by atoms with Gasteiger partial charge in [0.15, 0.2) is 11.6 Å². The highest BCUT2D eigenvalue weighted by Gasteiger charge is 2.04. The Bertz CT molecular complexity index is 697. The minimum absolute atomic E-state index is 0.0573. The summed E-state index contributed by atoms with van der Waals surface area (Å²) < 4.78 is 25.9. The van der Waals surface area contributed by atoms with Gasteiger partial charge in [0.05, 0.1) is 17.4 Å². The minimum atomic E-state index is -1.26. The zero-order chi connectivity index (χ0) is 15.4. The highest BCUT2D eigenvalue weighted by molar-refractivity contribution is 5.99. The molecule has 2 rings (SSSR count). The fourth-order valence-electron chi connectivity index (χ4n) is 1.61. The number of nitrogens with zero attached hydrogens (tertiary/aromatic N) is 1. The van der Waals surface area contributed by atoms with Gasteiger partial charge < -0.3 is 9.90 Å². The molecule has 0 fully saturated rings. The van der Waals surface area contributed by atoms with Crippen molar-refractivity contribution in [1.29, 1.82) is 0 Å². The summed E-state index contributed by atoms with van der Waals surface area (Å²) >= 11 is 0. The standard InChI is InChI=1S/C15H12F2N2O2/c1-9(11-4-7-13(16)14(17)8-11)18-19-12-5-2-10(3-6-12)15(20)21/h2-8,19H,1H3,(H,20,21)/p-1/b18-9-. The van der Waals surface area contributed by atoms with Crippen LogP contribution in [0.4, 0.5) is 14.5 Å². The van der Waals surface area contributed by atoms with E-state index in [1.54, 1.807) is 6.92 Å². The number of carbonyl (C=O) groups is 1. The third kappa shape index (κ3) is 3.62. The first-order chi connectivity index (χ1) is 9.97. The van der Waals surface area contributed by atoms with Crippen LogP contribution in [0.5, 0.6) is 0 Å². The number of benzene rings is 2. The van der Waals surface area contributed by atoms with E-state index in [2.05, 4.69) is 10.5 Å². The molecular formula is C15H11F2N2O2-. The van der Waals surface area contributed by atoms with E-state index in [1.807, 2.05) is 0 Å². The molecule has 6 heteroatoms. The Hall–Kier alpha value is -2.76. The molecule has 0 aliphatic rings. The van der Waals surface area contributed by atoms with Gasteiger partial charge >= 0.3 is 0 Å². The lowest BCUT2D eigenvalue weighted by Crippen LogP contribution is -2.21. The molecule has 2 aromatic carbocycles. The van der Waals surface area contributed by atoms with Crippen LogP contribution in [-0.2, 0) is 0 Å². The van der Waals surface area contributed by atoms with E-state index < -0.39 is 17.6 Å². The summed E-state index contributed by atoms with van der Waals surface area (Å²) in [6.45, 7) is 1.63. The Morgan fingerprint density at radius 1 is 1.05 bits per heavy atom. The van der Waals surface area contributed by atoms with Gasteiger partial charge in [-0.1, -0.05) is 12.1 Å². The zero-order valence-corrected chi connectivity index (χ0v) is 11.1. The summed E-state index contributed by atoms with van der Waals surface area (Å²) in [6.07, 6.45) is 0. The Kier molecular flexibility index (Phi) is 4.27. The fourth-order valence-corrected chi connectivity index (χ4v) is 1.61. The summed E-state index contributed by atoms with van der Waals surface area (Å²) in [6, 6.07) is 9.28. The molecule has 0 unspecified atom stereocenters. The number of hydrogen-bond acceptors (Lipinski definition) is 4. The van der Waals surface area contributed by atoms with Crippen LogP contribution >= 0.6 is 0 Å². The molecule has 21 heavy (non-hydrogen) atoms. The normalized spacial score (nSPS) is 11.3. The van der Waals surface area contributed by atoms with Crippen molar-refractivity contribution in [3.05, 3.63) is 65.2 Å². The van der Waals surface area contributed by atoms with E-state index in [4.69, 9.17) is 0 Å². The van der Waals surface area contributed by atoms with Crippen LogP contribution < -0.4 is 10.5 Å². The summed E-state index contributed by atoms with van der Waals surface area (Å²) in [5.74, 6) is -3.12. The monoisotopic (exact) mass is 289 g/mol. The Balaban J connectivity index is 2.12. The largest absolute Gasteiger partial charge is 0.545 e. The van der Waals surface area contributed by atoms with Crippen molar-refractivity contribution in [3.63, 3.8) is 0 Å². The molecule has 0 amide bonds. The third-order valence-electron chi connectivity index (χ3n) is 2.81. The van der Waals surface area contributed by atoms with Crippen molar-refractivity contribution in [2.75, 3.05) is 5.43 Å². The number of hydrazone groups is 1. The van der Waals surface area contributed by atoms with Crippen molar-refractivity contribution in [2.24, 2.45) is 5.10 Å². The van der Waals surface area contributed by atoms with Crippen LogP contribution in [0.3, 0.4) is 0 Å². The predicted molar refractivity (Wildman–Crippen MR) is 73.0 cm³/mol. The van der Waals surface area contributed by atoms with Gasteiger partial charge in [-0.2, -0.15) is 5.10 Å². The Labute approximate surface area is 119 Å². The predicted octanol–water partition coefficient (Wildman–Crippen LogP) is 2.16. The molecule has 0 radical (unpaired) electrons. The topological polar surface area (TPSA) is 64.5 Å². The SMILES string of the molecule is C/C(=N/Nc1ccc(C(=O)[O-])cc1)c1ccc(F)c(F)c1. The number of halogens is 2. The summed E-state index contributed by atoms with van der Waals surface area (Å²) in [7, 11) is 0. The average molecular weight is 289 g/mol. The molecule has 2 aromatic rings. The van der Waals surface area contributed by atoms with E-state index in [0.717, 1.165) is 12.1 Å². The summed E-state index contributed by atoms with van der Waals surface area (Å²) in [4.78, 5) is 10.6. The second-order valence-electron chi connectivity index (χ2n) is 4.30. The fraction of sp³-hybridized carbons (Fsp3) is 0.0667. The Morgan fingerprint density at radius 2 is 1.67 bits per heavy atom. The molecule has 0 aromatic heterocycles. The Morgan fingerprint density at radius 3 is 2.24 bits per heavy atom. The van der Waals surface area contributed by atoms with Gasteiger partial charge in [-0.05, 0) is 42.8 Å². The number of nitrogens with one attached hydrogen (secondary N) is 1. The summed E-state index contributed by atoms with van der Waals surface area (Å²) in [5, 5.41) is 14.6. The molecule has 0 heterocycles. The first kappa shape index (κ1) is 14.6. The zero-order valence-electron chi connectivity index (χ0n) is 11.1. The number of carboxylic acid groups (broad SMARTS) is 1. The van der Waals surface area contributed by atoms with Crippen molar-refractivity contribution in [3.8, 4) is 0 Å². The lowest BCUT2D eigenvalue weighted by atomic mass is 10.1. The lowest BCUT2D eigenvalue weighted by Gasteiger charge is -2.06. The van der Waals surface area contributed by atoms with Crippen molar-refractivity contribution >= 4 is 17.4 Å². The molecule has 0 spiro atoms. The molecule has 0 saturated heterocycles. The second-order valence-corrected chi connectivity index (χ2v) is 4.30. The quantitative estimate of drug-likeness (QED) is 0.693. The highest BCUT2D eigenvalue weighted by Crippen LogP contribution is 2.12. The van der Waals surface area contributed by atoms with Crippen molar-refractivity contribution in [2.45, 2.75) is 6.92 Å². The van der Waals surface area contributed by atoms with Gasteiger partial charge in [0.2, 0.25) is 0 Å². The molecule has 108 valence electrons. The van der Waals surface area contributed by atoms with Crippen molar-refractivity contribution in [1.82, 2.24) is 0 Å². The van der Waals surface area contributed by atoms with E-state index in [1.165, 1.54) is 30.3 Å². The maximum atomic E-state index is 13.1. The number of aromatic carboxylic acids is 1. The van der Waals surface area contributed by atoms with Crippen LogP contribution in [-0.4, -0.2) is 11.7 Å². The lowest BCUT2D eigenvalue weighted by molar-refractivity contribution is -0.255. The number of carbonyl (C=O) groups excluding carboxylic acids is 1. The van der Waals surface area contributed by atoms with Crippen molar-refractivity contribution < 1.29 is 18.7 Å². The molecule has 0 aliphatic heterocycles. The van der Waals surface area contributed by atoms with Crippen LogP contribution in [0.25, 0.3) is 0 Å². The second kappa shape index (κ2) is 6.13. The van der Waals surface area contributed by atoms with Gasteiger partial charge in [0, 0.05) is 5.56 Å². The first-order valence-corrected chi connectivity index (χ1v) is 6.04. The average Bonchev–Trinajstić information content (AvgIpc) is 2.48. The van der Waals surface area contributed by atoms with E-state index in [9.17, 15) is 18.7 Å². The van der Waals surface area contributed by atoms with Crippen LogP contribution in [0.15, 0.2) is 47.6 Å². The third-order valence-corrected chi connectivity index (χ3v) is 2.81. The molecule has 0 atom stereocenters. The number of hydrogen-bond donors (Lipinski definition) is 1. The van der Waals surface area contributed by atoms with Crippen LogP contribution in [0.2, 0.25) is 0 Å². The van der Waals surface area contributed by atoms with Gasteiger partial charge in [-0.3, -0.25) is 5.43 Å². The number of anilines is 1.